The van der Waals surface area contributed by atoms with Gasteiger partial charge in [0.25, 0.3) is 0 Å². The molecule has 0 bridgehead atoms. The topological polar surface area (TPSA) is 0 Å². The summed E-state index contributed by atoms with van der Waals surface area (Å²) in [5, 5.41) is 0.787. The summed E-state index contributed by atoms with van der Waals surface area (Å²) in [6.07, 6.45) is 5.98. The molecule has 2 aromatic rings. The molecule has 0 fully saturated rings. The van der Waals surface area contributed by atoms with Crippen molar-refractivity contribution in [3.05, 3.63) is 66.0 Å². The van der Waals surface area contributed by atoms with Crippen molar-refractivity contribution in [3.8, 4) is 11.1 Å². The molecule has 0 aliphatic rings. The summed E-state index contributed by atoms with van der Waals surface area (Å²) < 4.78 is 0. The summed E-state index contributed by atoms with van der Waals surface area (Å²) in [5.41, 5.74) is 3.81. The molecule has 0 aliphatic carbocycles. The lowest BCUT2D eigenvalue weighted by Crippen LogP contribution is -1.86. The number of benzene rings is 2. The quantitative estimate of drug-likeness (QED) is 0.570. The van der Waals surface area contributed by atoms with E-state index >= 15 is 0 Å². The van der Waals surface area contributed by atoms with Gasteiger partial charge in [-0.25, -0.2) is 0 Å². The minimum atomic E-state index is 0.787. The maximum Gasteiger partial charge on any atom is 0.0412 e. The highest BCUT2D eigenvalue weighted by molar-refractivity contribution is 6.30. The SMILES string of the molecule is [CH2]CCCCCc1ccc(-c2cccc(Cl)c2)cc1. The van der Waals surface area contributed by atoms with Crippen LogP contribution in [0.5, 0.6) is 0 Å². The van der Waals surface area contributed by atoms with Gasteiger partial charge in [0.1, 0.15) is 0 Å². The predicted molar refractivity (Wildman–Crippen MR) is 84.4 cm³/mol. The molecule has 0 unspecified atom stereocenters. The summed E-state index contributed by atoms with van der Waals surface area (Å²) in [4.78, 5) is 0. The number of aryl methyl sites for hydroxylation is 1. The fourth-order valence-corrected chi connectivity index (χ4v) is 2.40. The van der Waals surface area contributed by atoms with E-state index in [2.05, 4.69) is 37.3 Å². The van der Waals surface area contributed by atoms with E-state index in [9.17, 15) is 0 Å². The van der Waals surface area contributed by atoms with Crippen LogP contribution in [0.1, 0.15) is 31.2 Å². The van der Waals surface area contributed by atoms with Crippen molar-refractivity contribution >= 4 is 11.6 Å². The first-order valence-corrected chi connectivity index (χ1v) is 7.31. The van der Waals surface area contributed by atoms with Crippen molar-refractivity contribution in [3.63, 3.8) is 0 Å². The zero-order chi connectivity index (χ0) is 13.5. The van der Waals surface area contributed by atoms with E-state index in [1.807, 2.05) is 18.2 Å². The van der Waals surface area contributed by atoms with E-state index in [-0.39, 0.29) is 0 Å². The first-order chi connectivity index (χ1) is 9.29. The maximum absolute atomic E-state index is 6.02. The van der Waals surface area contributed by atoms with Crippen molar-refractivity contribution in [1.29, 1.82) is 0 Å². The molecule has 0 atom stereocenters. The van der Waals surface area contributed by atoms with Crippen LogP contribution >= 0.6 is 11.6 Å². The Kier molecular flexibility index (Phi) is 5.47. The average molecular weight is 272 g/mol. The molecule has 1 heteroatoms. The van der Waals surface area contributed by atoms with Crippen molar-refractivity contribution in [2.24, 2.45) is 0 Å². The van der Waals surface area contributed by atoms with Crippen molar-refractivity contribution in [1.82, 2.24) is 0 Å². The van der Waals surface area contributed by atoms with E-state index in [4.69, 9.17) is 11.6 Å². The molecule has 0 nitrogen and oxygen atoms in total. The highest BCUT2D eigenvalue weighted by Crippen LogP contribution is 2.23. The molecule has 0 heterocycles. The fourth-order valence-electron chi connectivity index (χ4n) is 2.21. The number of hydrogen-bond acceptors (Lipinski definition) is 0. The van der Waals surface area contributed by atoms with E-state index < -0.39 is 0 Å². The molecule has 0 saturated heterocycles. The van der Waals surface area contributed by atoms with Crippen LogP contribution in [-0.4, -0.2) is 0 Å². The molecule has 99 valence electrons. The monoisotopic (exact) mass is 271 g/mol. The largest absolute Gasteiger partial charge is 0.0843 e. The summed E-state index contributed by atoms with van der Waals surface area (Å²) in [6, 6.07) is 16.8. The molecular formula is C18H20Cl. The summed E-state index contributed by atoms with van der Waals surface area (Å²) in [7, 11) is 0. The van der Waals surface area contributed by atoms with Gasteiger partial charge in [-0.05, 0) is 41.7 Å². The number of halogens is 1. The van der Waals surface area contributed by atoms with Gasteiger partial charge < -0.3 is 0 Å². The van der Waals surface area contributed by atoms with Crippen molar-refractivity contribution < 1.29 is 0 Å². The maximum atomic E-state index is 6.02. The van der Waals surface area contributed by atoms with Gasteiger partial charge in [0, 0.05) is 5.02 Å². The lowest BCUT2D eigenvalue weighted by molar-refractivity contribution is 0.686. The van der Waals surface area contributed by atoms with E-state index in [1.165, 1.54) is 36.0 Å². The predicted octanol–water partition coefficient (Wildman–Crippen LogP) is 5.94. The molecule has 1 radical (unpaired) electrons. The third-order valence-electron chi connectivity index (χ3n) is 3.33. The van der Waals surface area contributed by atoms with Gasteiger partial charge in [-0.3, -0.25) is 0 Å². The second kappa shape index (κ2) is 7.35. The Morgan fingerprint density at radius 3 is 2.32 bits per heavy atom. The Morgan fingerprint density at radius 2 is 1.63 bits per heavy atom. The van der Waals surface area contributed by atoms with Crippen LogP contribution in [0.2, 0.25) is 5.02 Å². The fraction of sp³-hybridized carbons (Fsp3) is 0.278. The second-order valence-corrected chi connectivity index (χ2v) is 5.31. The molecule has 2 aromatic carbocycles. The van der Waals surface area contributed by atoms with Crippen LogP contribution < -0.4 is 0 Å². The molecule has 0 aliphatic heterocycles. The van der Waals surface area contributed by atoms with Crippen LogP contribution in [0.25, 0.3) is 11.1 Å². The third kappa shape index (κ3) is 4.40. The van der Waals surface area contributed by atoms with Crippen molar-refractivity contribution in [2.45, 2.75) is 32.1 Å². The summed E-state index contributed by atoms with van der Waals surface area (Å²) in [6.45, 7) is 3.87. The van der Waals surface area contributed by atoms with Gasteiger partial charge >= 0.3 is 0 Å². The van der Waals surface area contributed by atoms with Gasteiger partial charge in [0.15, 0.2) is 0 Å². The Labute approximate surface area is 121 Å². The lowest BCUT2D eigenvalue weighted by atomic mass is 10.0. The highest BCUT2D eigenvalue weighted by atomic mass is 35.5. The second-order valence-electron chi connectivity index (χ2n) is 4.87. The molecule has 0 spiro atoms. The number of hydrogen-bond donors (Lipinski definition) is 0. The zero-order valence-electron chi connectivity index (χ0n) is 11.2. The van der Waals surface area contributed by atoms with Crippen LogP contribution in [0.4, 0.5) is 0 Å². The first-order valence-electron chi connectivity index (χ1n) is 6.94. The van der Waals surface area contributed by atoms with Crippen molar-refractivity contribution in [2.75, 3.05) is 0 Å². The van der Waals surface area contributed by atoms with Crippen LogP contribution in [0.3, 0.4) is 0 Å². The van der Waals surface area contributed by atoms with Gasteiger partial charge in [0.2, 0.25) is 0 Å². The van der Waals surface area contributed by atoms with Gasteiger partial charge in [-0.2, -0.15) is 0 Å². The molecule has 0 aromatic heterocycles. The molecule has 19 heavy (non-hydrogen) atoms. The average Bonchev–Trinajstić information content (AvgIpc) is 2.44. The molecule has 0 saturated carbocycles. The molecular weight excluding hydrogens is 252 g/mol. The Morgan fingerprint density at radius 1 is 0.842 bits per heavy atom. The minimum Gasteiger partial charge on any atom is -0.0843 e. The Hall–Kier alpha value is -1.27. The zero-order valence-corrected chi connectivity index (χ0v) is 12.0. The van der Waals surface area contributed by atoms with E-state index in [1.54, 1.807) is 0 Å². The summed E-state index contributed by atoms with van der Waals surface area (Å²) in [5.74, 6) is 0. The molecule has 2 rings (SSSR count). The van der Waals surface area contributed by atoms with Gasteiger partial charge in [-0.1, -0.05) is 74.2 Å². The van der Waals surface area contributed by atoms with E-state index in [0.29, 0.717) is 0 Å². The molecule has 0 amide bonds. The third-order valence-corrected chi connectivity index (χ3v) is 3.56. The lowest BCUT2D eigenvalue weighted by Gasteiger charge is -2.05. The van der Waals surface area contributed by atoms with Gasteiger partial charge in [0.05, 0.1) is 0 Å². The standard InChI is InChI=1S/C18H20Cl/c1-2-3-4-5-7-15-10-12-16(13-11-15)17-8-6-9-18(19)14-17/h6,8-14H,1-5,7H2. The van der Waals surface area contributed by atoms with Crippen LogP contribution in [0.15, 0.2) is 48.5 Å². The number of rotatable bonds is 6. The first kappa shape index (κ1) is 14.1. The van der Waals surface area contributed by atoms with Crippen LogP contribution in [0, 0.1) is 6.92 Å². The Bertz CT molecular complexity index is 499. The smallest absolute Gasteiger partial charge is 0.0412 e. The van der Waals surface area contributed by atoms with E-state index in [0.717, 1.165) is 17.9 Å². The normalized spacial score (nSPS) is 10.6. The number of unbranched alkanes of at least 4 members (excludes halogenated alkanes) is 3. The summed E-state index contributed by atoms with van der Waals surface area (Å²) >= 11 is 6.02. The highest BCUT2D eigenvalue weighted by Gasteiger charge is 1.99. The Balaban J connectivity index is 1.98. The van der Waals surface area contributed by atoms with Gasteiger partial charge in [-0.15, -0.1) is 0 Å². The minimum absolute atomic E-state index is 0.787. The molecule has 0 N–H and O–H groups in total. The van der Waals surface area contributed by atoms with Crippen LogP contribution in [-0.2, 0) is 6.42 Å².